The smallest absolute Gasteiger partial charge is 0.183 e. The molecule has 94 valence electrons. The summed E-state index contributed by atoms with van der Waals surface area (Å²) in [6.07, 6.45) is 2.93. The third kappa shape index (κ3) is 2.42. The Morgan fingerprint density at radius 3 is 2.53 bits per heavy atom. The first kappa shape index (κ1) is 12.3. The summed E-state index contributed by atoms with van der Waals surface area (Å²) in [5, 5.41) is 9.64. The Bertz CT molecular complexity index is 564. The second-order valence-electron chi connectivity index (χ2n) is 4.70. The molecule has 1 aliphatic carbocycles. The molecule has 0 bridgehead atoms. The third-order valence-corrected chi connectivity index (χ3v) is 4.11. The van der Waals surface area contributed by atoms with Crippen molar-refractivity contribution in [2.75, 3.05) is 6.26 Å². The van der Waals surface area contributed by atoms with E-state index >= 15 is 0 Å². The van der Waals surface area contributed by atoms with Gasteiger partial charge in [0, 0.05) is 11.8 Å². The Morgan fingerprint density at radius 1 is 1.47 bits per heavy atom. The fourth-order valence-electron chi connectivity index (χ4n) is 1.73. The second-order valence-corrected chi connectivity index (χ2v) is 6.68. The van der Waals surface area contributed by atoms with Crippen molar-refractivity contribution in [1.29, 1.82) is 0 Å². The quantitative estimate of drug-likeness (QED) is 0.847. The number of hydrogen-bond acceptors (Lipinski definition) is 4. The molecule has 0 saturated heterocycles. The van der Waals surface area contributed by atoms with Gasteiger partial charge in [0.2, 0.25) is 0 Å². The SMILES string of the molecule is CS(=O)(=O)c1ccc(CC2(N)CC2)c(O)c1F. The lowest BCUT2D eigenvalue weighted by Gasteiger charge is -2.12. The zero-order valence-corrected chi connectivity index (χ0v) is 10.2. The molecule has 0 amide bonds. The summed E-state index contributed by atoms with van der Waals surface area (Å²) in [5.74, 6) is -1.70. The highest BCUT2D eigenvalue weighted by molar-refractivity contribution is 7.90. The molecule has 3 N–H and O–H groups in total. The Labute approximate surface area is 99.2 Å². The molecule has 0 atom stereocenters. The monoisotopic (exact) mass is 259 g/mol. The maximum absolute atomic E-state index is 13.7. The Kier molecular flexibility index (Phi) is 2.67. The number of benzene rings is 1. The minimum absolute atomic E-state index is 0.356. The van der Waals surface area contributed by atoms with Gasteiger partial charge in [0.1, 0.15) is 4.90 Å². The average molecular weight is 259 g/mol. The van der Waals surface area contributed by atoms with Gasteiger partial charge in [-0.25, -0.2) is 12.8 Å². The van der Waals surface area contributed by atoms with E-state index in [1.807, 2.05) is 0 Å². The molecule has 0 spiro atoms. The summed E-state index contributed by atoms with van der Waals surface area (Å²) in [5.41, 5.74) is 5.86. The molecular formula is C11H14FNO3S. The van der Waals surface area contributed by atoms with Gasteiger partial charge in [-0.1, -0.05) is 6.07 Å². The summed E-state index contributed by atoms with van der Waals surface area (Å²) >= 11 is 0. The van der Waals surface area contributed by atoms with E-state index in [1.54, 1.807) is 0 Å². The lowest BCUT2D eigenvalue weighted by Crippen LogP contribution is -2.24. The van der Waals surface area contributed by atoms with E-state index in [2.05, 4.69) is 0 Å². The van der Waals surface area contributed by atoms with Crippen LogP contribution in [0.2, 0.25) is 0 Å². The molecule has 0 aromatic heterocycles. The molecule has 0 radical (unpaired) electrons. The van der Waals surface area contributed by atoms with Crippen molar-refractivity contribution in [1.82, 2.24) is 0 Å². The van der Waals surface area contributed by atoms with E-state index in [0.29, 0.717) is 12.0 Å². The van der Waals surface area contributed by atoms with Crippen LogP contribution in [0.3, 0.4) is 0 Å². The first-order valence-electron chi connectivity index (χ1n) is 5.22. The van der Waals surface area contributed by atoms with Crippen molar-refractivity contribution in [3.63, 3.8) is 0 Å². The molecule has 2 rings (SSSR count). The van der Waals surface area contributed by atoms with E-state index in [-0.39, 0.29) is 5.54 Å². The van der Waals surface area contributed by atoms with Gasteiger partial charge in [0.05, 0.1) is 0 Å². The highest BCUT2D eigenvalue weighted by atomic mass is 32.2. The third-order valence-electron chi connectivity index (χ3n) is 3.00. The Balaban J connectivity index is 2.42. The molecule has 1 aliphatic rings. The van der Waals surface area contributed by atoms with Crippen LogP contribution in [0.15, 0.2) is 17.0 Å². The first-order valence-corrected chi connectivity index (χ1v) is 7.11. The van der Waals surface area contributed by atoms with Crippen molar-refractivity contribution in [3.8, 4) is 5.75 Å². The molecule has 0 unspecified atom stereocenters. The number of nitrogens with two attached hydrogens (primary N) is 1. The maximum atomic E-state index is 13.7. The molecule has 17 heavy (non-hydrogen) atoms. The van der Waals surface area contributed by atoms with Crippen molar-refractivity contribution in [2.45, 2.75) is 29.7 Å². The van der Waals surface area contributed by atoms with Crippen LogP contribution in [0.25, 0.3) is 0 Å². The van der Waals surface area contributed by atoms with Gasteiger partial charge in [0.15, 0.2) is 21.4 Å². The minimum Gasteiger partial charge on any atom is -0.505 e. The molecule has 1 aromatic carbocycles. The number of hydrogen-bond donors (Lipinski definition) is 2. The second kappa shape index (κ2) is 3.68. The molecule has 1 aromatic rings. The summed E-state index contributed by atoms with van der Waals surface area (Å²) < 4.78 is 36.2. The summed E-state index contributed by atoms with van der Waals surface area (Å²) in [6.45, 7) is 0. The van der Waals surface area contributed by atoms with Crippen LogP contribution in [-0.4, -0.2) is 25.3 Å². The van der Waals surface area contributed by atoms with Crippen molar-refractivity contribution < 1.29 is 17.9 Å². The molecule has 0 heterocycles. The fraction of sp³-hybridized carbons (Fsp3) is 0.455. The van der Waals surface area contributed by atoms with Gasteiger partial charge >= 0.3 is 0 Å². The lowest BCUT2D eigenvalue weighted by molar-refractivity contribution is 0.413. The van der Waals surface area contributed by atoms with E-state index in [1.165, 1.54) is 12.1 Å². The standard InChI is InChI=1S/C11H14FNO3S/c1-17(15,16)8-3-2-7(10(14)9(8)12)6-11(13)4-5-11/h2-3,14H,4-6,13H2,1H3. The fourth-order valence-corrected chi connectivity index (χ4v) is 2.47. The number of phenolic OH excluding ortho intramolecular Hbond substituents is 1. The van der Waals surface area contributed by atoms with Crippen molar-refractivity contribution in [3.05, 3.63) is 23.5 Å². The van der Waals surface area contributed by atoms with E-state index < -0.39 is 26.3 Å². The highest BCUT2D eigenvalue weighted by Gasteiger charge is 2.39. The van der Waals surface area contributed by atoms with Crippen LogP contribution in [-0.2, 0) is 16.3 Å². The predicted octanol–water partition coefficient (Wildman–Crippen LogP) is 0.969. The van der Waals surface area contributed by atoms with Gasteiger partial charge in [-0.15, -0.1) is 0 Å². The van der Waals surface area contributed by atoms with E-state index in [0.717, 1.165) is 19.1 Å². The molecule has 1 saturated carbocycles. The summed E-state index contributed by atoms with van der Waals surface area (Å²) in [6, 6.07) is 2.59. The molecule has 1 fully saturated rings. The van der Waals surface area contributed by atoms with Crippen LogP contribution < -0.4 is 5.73 Å². The van der Waals surface area contributed by atoms with Gasteiger partial charge in [0.25, 0.3) is 0 Å². The number of aromatic hydroxyl groups is 1. The van der Waals surface area contributed by atoms with Gasteiger partial charge < -0.3 is 10.8 Å². The van der Waals surface area contributed by atoms with Crippen LogP contribution in [0, 0.1) is 5.82 Å². The van der Waals surface area contributed by atoms with E-state index in [9.17, 15) is 17.9 Å². The number of sulfone groups is 1. The molecule has 6 heteroatoms. The topological polar surface area (TPSA) is 80.4 Å². The minimum atomic E-state index is -3.67. The van der Waals surface area contributed by atoms with Crippen molar-refractivity contribution in [2.24, 2.45) is 5.73 Å². The Hall–Kier alpha value is -1.14. The molecule has 0 aliphatic heterocycles. The largest absolute Gasteiger partial charge is 0.505 e. The van der Waals surface area contributed by atoms with Gasteiger partial charge in [-0.05, 0) is 30.9 Å². The Morgan fingerprint density at radius 2 is 2.06 bits per heavy atom. The zero-order chi connectivity index (χ0) is 12.8. The number of halogens is 1. The molecule has 4 nitrogen and oxygen atoms in total. The van der Waals surface area contributed by atoms with Crippen LogP contribution in [0.5, 0.6) is 5.75 Å². The van der Waals surface area contributed by atoms with Crippen LogP contribution in [0.4, 0.5) is 4.39 Å². The number of rotatable bonds is 3. The average Bonchev–Trinajstić information content (AvgIpc) is 2.90. The van der Waals surface area contributed by atoms with Crippen molar-refractivity contribution >= 4 is 9.84 Å². The van der Waals surface area contributed by atoms with E-state index in [4.69, 9.17) is 5.73 Å². The zero-order valence-electron chi connectivity index (χ0n) is 9.40. The van der Waals surface area contributed by atoms with Crippen LogP contribution in [0.1, 0.15) is 18.4 Å². The van der Waals surface area contributed by atoms with Crippen LogP contribution >= 0.6 is 0 Å². The predicted molar refractivity (Wildman–Crippen MR) is 61.0 cm³/mol. The normalized spacial score (nSPS) is 18.1. The van der Waals surface area contributed by atoms with Gasteiger partial charge in [-0.2, -0.15) is 0 Å². The summed E-state index contributed by atoms with van der Waals surface area (Å²) in [7, 11) is -3.67. The lowest BCUT2D eigenvalue weighted by atomic mass is 10.0. The van der Waals surface area contributed by atoms with Gasteiger partial charge in [-0.3, -0.25) is 0 Å². The summed E-state index contributed by atoms with van der Waals surface area (Å²) in [4.78, 5) is -0.486. The first-order chi connectivity index (χ1) is 7.73. The maximum Gasteiger partial charge on any atom is 0.183 e. The highest BCUT2D eigenvalue weighted by Crippen LogP contribution is 2.38. The molecular weight excluding hydrogens is 245 g/mol. The number of phenols is 1.